The van der Waals surface area contributed by atoms with Crippen LogP contribution in [0.3, 0.4) is 0 Å². The Balaban J connectivity index is 3.06. The largest absolute Gasteiger partial charge is 0.397 e. The quantitative estimate of drug-likeness (QED) is 0.589. The van der Waals surface area contributed by atoms with E-state index in [1.165, 1.54) is 4.90 Å². The van der Waals surface area contributed by atoms with Gasteiger partial charge in [-0.2, -0.15) is 0 Å². The molecule has 0 spiro atoms. The van der Waals surface area contributed by atoms with E-state index < -0.39 is 11.8 Å². The lowest BCUT2D eigenvalue weighted by Crippen LogP contribution is -2.40. The minimum absolute atomic E-state index is 0.101. The van der Waals surface area contributed by atoms with Crippen LogP contribution in [0.4, 0.5) is 11.4 Å². The molecule has 92 valence electrons. The fourth-order valence-corrected chi connectivity index (χ4v) is 1.53. The van der Waals surface area contributed by atoms with E-state index in [4.69, 9.17) is 17.2 Å². The fraction of sp³-hybridized carbons (Fsp3) is 0.273. The standard InChI is InChI=1S/C11H16N4O2/c1-7-2-3-8(12)9(4-7)15(5-10(13)16)6-11(14)17/h2-4H,5-6,12H2,1H3,(H2,13,16)(H2,14,17). The molecule has 0 aliphatic carbocycles. The molecule has 0 saturated carbocycles. The van der Waals surface area contributed by atoms with Crippen molar-refractivity contribution < 1.29 is 9.59 Å². The van der Waals surface area contributed by atoms with Crippen molar-refractivity contribution in [3.05, 3.63) is 23.8 Å². The molecule has 6 nitrogen and oxygen atoms in total. The van der Waals surface area contributed by atoms with Crippen molar-refractivity contribution >= 4 is 23.2 Å². The number of carbonyl (C=O) groups excluding carboxylic acids is 2. The summed E-state index contributed by atoms with van der Waals surface area (Å²) in [6.07, 6.45) is 0. The Morgan fingerprint density at radius 2 is 1.71 bits per heavy atom. The molecule has 0 fully saturated rings. The average molecular weight is 236 g/mol. The summed E-state index contributed by atoms with van der Waals surface area (Å²) in [4.78, 5) is 23.4. The molecule has 1 aromatic rings. The van der Waals surface area contributed by atoms with Crippen LogP contribution in [0.5, 0.6) is 0 Å². The van der Waals surface area contributed by atoms with Crippen LogP contribution < -0.4 is 22.1 Å². The molecule has 6 N–H and O–H groups in total. The summed E-state index contributed by atoms with van der Waals surface area (Å²) in [5.41, 5.74) is 18.1. The van der Waals surface area contributed by atoms with Gasteiger partial charge in [-0.3, -0.25) is 9.59 Å². The smallest absolute Gasteiger partial charge is 0.236 e. The molecule has 2 amide bonds. The lowest BCUT2D eigenvalue weighted by molar-refractivity contribution is -0.117. The number of nitrogen functional groups attached to an aromatic ring is 1. The first-order chi connectivity index (χ1) is 7.90. The van der Waals surface area contributed by atoms with Crippen molar-refractivity contribution in [2.75, 3.05) is 23.7 Å². The molecule has 0 heterocycles. The van der Waals surface area contributed by atoms with Gasteiger partial charge in [0.1, 0.15) is 0 Å². The Morgan fingerprint density at radius 3 is 2.18 bits per heavy atom. The molecule has 0 aromatic heterocycles. The molecular formula is C11H16N4O2. The molecule has 17 heavy (non-hydrogen) atoms. The van der Waals surface area contributed by atoms with Crippen molar-refractivity contribution in [2.24, 2.45) is 11.5 Å². The first-order valence-corrected chi connectivity index (χ1v) is 5.08. The van der Waals surface area contributed by atoms with Gasteiger partial charge in [0, 0.05) is 0 Å². The Bertz CT molecular complexity index is 429. The van der Waals surface area contributed by atoms with Crippen LogP contribution in [0, 0.1) is 6.92 Å². The van der Waals surface area contributed by atoms with Crippen LogP contribution in [-0.2, 0) is 9.59 Å². The normalized spacial score (nSPS) is 9.94. The van der Waals surface area contributed by atoms with Crippen molar-refractivity contribution in [1.29, 1.82) is 0 Å². The molecule has 0 bridgehead atoms. The monoisotopic (exact) mass is 236 g/mol. The Labute approximate surface area is 99.4 Å². The number of carbonyl (C=O) groups is 2. The second-order valence-corrected chi connectivity index (χ2v) is 3.85. The van der Waals surface area contributed by atoms with E-state index in [1.807, 2.05) is 13.0 Å². The molecular weight excluding hydrogens is 220 g/mol. The Kier molecular flexibility index (Phi) is 3.92. The Hall–Kier alpha value is -2.24. The third kappa shape index (κ3) is 3.67. The molecule has 0 radical (unpaired) electrons. The number of rotatable bonds is 5. The van der Waals surface area contributed by atoms with Crippen LogP contribution in [-0.4, -0.2) is 24.9 Å². The number of nitrogens with zero attached hydrogens (tertiary/aromatic N) is 1. The average Bonchev–Trinajstić information content (AvgIpc) is 2.19. The number of nitrogens with two attached hydrogens (primary N) is 3. The number of primary amides is 2. The van der Waals surface area contributed by atoms with E-state index in [2.05, 4.69) is 0 Å². The highest BCUT2D eigenvalue weighted by Gasteiger charge is 2.14. The van der Waals surface area contributed by atoms with Crippen molar-refractivity contribution in [2.45, 2.75) is 6.92 Å². The van der Waals surface area contributed by atoms with Gasteiger partial charge in [0.2, 0.25) is 11.8 Å². The minimum atomic E-state index is -0.549. The highest BCUT2D eigenvalue weighted by Crippen LogP contribution is 2.23. The highest BCUT2D eigenvalue weighted by atomic mass is 16.2. The van der Waals surface area contributed by atoms with Gasteiger partial charge in [-0.1, -0.05) is 6.07 Å². The van der Waals surface area contributed by atoms with E-state index in [-0.39, 0.29) is 13.1 Å². The molecule has 6 heteroatoms. The SMILES string of the molecule is Cc1ccc(N)c(N(CC(N)=O)CC(N)=O)c1. The number of hydrogen-bond acceptors (Lipinski definition) is 4. The Morgan fingerprint density at radius 1 is 1.18 bits per heavy atom. The summed E-state index contributed by atoms with van der Waals surface area (Å²) in [6, 6.07) is 5.33. The van der Waals surface area contributed by atoms with Crippen molar-refractivity contribution in [3.63, 3.8) is 0 Å². The van der Waals surface area contributed by atoms with Gasteiger partial charge in [0.15, 0.2) is 0 Å². The van der Waals surface area contributed by atoms with E-state index in [0.717, 1.165) is 5.56 Å². The predicted octanol–water partition coefficient (Wildman–Crippen LogP) is -0.646. The number of benzene rings is 1. The molecule has 1 aromatic carbocycles. The topological polar surface area (TPSA) is 115 Å². The predicted molar refractivity (Wildman–Crippen MR) is 66.2 cm³/mol. The minimum Gasteiger partial charge on any atom is -0.397 e. The highest BCUT2D eigenvalue weighted by molar-refractivity contribution is 5.87. The first-order valence-electron chi connectivity index (χ1n) is 5.08. The zero-order valence-electron chi connectivity index (χ0n) is 9.64. The molecule has 0 aliphatic heterocycles. The van der Waals surface area contributed by atoms with E-state index in [0.29, 0.717) is 11.4 Å². The zero-order valence-corrected chi connectivity index (χ0v) is 9.64. The fourth-order valence-electron chi connectivity index (χ4n) is 1.53. The number of anilines is 2. The van der Waals surface area contributed by atoms with Crippen LogP contribution in [0.2, 0.25) is 0 Å². The number of aryl methyl sites for hydroxylation is 1. The lowest BCUT2D eigenvalue weighted by Gasteiger charge is -2.23. The van der Waals surface area contributed by atoms with Crippen molar-refractivity contribution in [1.82, 2.24) is 0 Å². The van der Waals surface area contributed by atoms with Gasteiger partial charge in [-0.15, -0.1) is 0 Å². The lowest BCUT2D eigenvalue weighted by atomic mass is 10.1. The summed E-state index contributed by atoms with van der Waals surface area (Å²) in [5.74, 6) is -1.10. The summed E-state index contributed by atoms with van der Waals surface area (Å²) in [6.45, 7) is 1.68. The summed E-state index contributed by atoms with van der Waals surface area (Å²) >= 11 is 0. The molecule has 0 saturated heterocycles. The van der Waals surface area contributed by atoms with Crippen molar-refractivity contribution in [3.8, 4) is 0 Å². The van der Waals surface area contributed by atoms with E-state index >= 15 is 0 Å². The van der Waals surface area contributed by atoms with E-state index in [1.54, 1.807) is 12.1 Å². The van der Waals surface area contributed by atoms with Gasteiger partial charge in [-0.25, -0.2) is 0 Å². The molecule has 0 aliphatic rings. The van der Waals surface area contributed by atoms with Gasteiger partial charge >= 0.3 is 0 Å². The zero-order chi connectivity index (χ0) is 13.0. The number of hydrogen-bond donors (Lipinski definition) is 3. The first kappa shape index (κ1) is 12.8. The maximum Gasteiger partial charge on any atom is 0.236 e. The molecule has 0 atom stereocenters. The van der Waals surface area contributed by atoms with Gasteiger partial charge in [0.05, 0.1) is 24.5 Å². The second-order valence-electron chi connectivity index (χ2n) is 3.85. The maximum atomic E-state index is 10.9. The molecule has 1 rings (SSSR count). The summed E-state index contributed by atoms with van der Waals surface area (Å²) < 4.78 is 0. The second kappa shape index (κ2) is 5.20. The van der Waals surface area contributed by atoms with Gasteiger partial charge < -0.3 is 22.1 Å². The third-order valence-corrected chi connectivity index (χ3v) is 2.22. The number of amides is 2. The molecule has 0 unspecified atom stereocenters. The van der Waals surface area contributed by atoms with Crippen LogP contribution in [0.15, 0.2) is 18.2 Å². The van der Waals surface area contributed by atoms with Gasteiger partial charge in [0.25, 0.3) is 0 Å². The summed E-state index contributed by atoms with van der Waals surface area (Å²) in [5, 5.41) is 0. The van der Waals surface area contributed by atoms with Crippen LogP contribution in [0.25, 0.3) is 0 Å². The van der Waals surface area contributed by atoms with Crippen LogP contribution in [0.1, 0.15) is 5.56 Å². The van der Waals surface area contributed by atoms with E-state index in [9.17, 15) is 9.59 Å². The summed E-state index contributed by atoms with van der Waals surface area (Å²) in [7, 11) is 0. The van der Waals surface area contributed by atoms with Gasteiger partial charge in [-0.05, 0) is 24.6 Å². The third-order valence-electron chi connectivity index (χ3n) is 2.22. The maximum absolute atomic E-state index is 10.9. The van der Waals surface area contributed by atoms with Crippen LogP contribution >= 0.6 is 0 Å².